The number of benzene rings is 2. The van der Waals surface area contributed by atoms with E-state index in [-0.39, 0.29) is 24.2 Å². The fourth-order valence-electron chi connectivity index (χ4n) is 2.51. The molecule has 0 aliphatic rings. The highest BCUT2D eigenvalue weighted by Crippen LogP contribution is 2.07. The van der Waals surface area contributed by atoms with Crippen LogP contribution < -0.4 is 11.1 Å². The number of nitrogens with one attached hydrogen (secondary N) is 1. The minimum Gasteiger partial charge on any atom is -0.399 e. The molecule has 26 heavy (non-hydrogen) atoms. The molecular weight excluding hydrogens is 350 g/mol. The fraction of sp³-hybridized carbons (Fsp3) is 0.300. The first kappa shape index (κ1) is 21.5. The van der Waals surface area contributed by atoms with Crippen LogP contribution in [0.15, 0.2) is 54.6 Å². The normalized spacial score (nSPS) is 9.88. The van der Waals surface area contributed by atoms with Gasteiger partial charge < -0.3 is 16.0 Å². The Balaban J connectivity index is 0.00000338. The number of anilines is 1. The Hall–Kier alpha value is -2.53. The van der Waals surface area contributed by atoms with Gasteiger partial charge in [0.25, 0.3) is 0 Å². The number of carbonyl (C=O) groups is 2. The van der Waals surface area contributed by atoms with Crippen molar-refractivity contribution in [1.29, 1.82) is 0 Å². The first-order valence-corrected chi connectivity index (χ1v) is 8.45. The van der Waals surface area contributed by atoms with Crippen molar-refractivity contribution in [2.45, 2.75) is 26.3 Å². The maximum atomic E-state index is 12.0. The van der Waals surface area contributed by atoms with Crippen LogP contribution in [0.3, 0.4) is 0 Å². The summed E-state index contributed by atoms with van der Waals surface area (Å²) in [5.41, 5.74) is 8.57. The minimum atomic E-state index is -0.0465. The van der Waals surface area contributed by atoms with E-state index < -0.39 is 0 Å². The third kappa shape index (κ3) is 7.57. The Bertz CT molecular complexity index is 690. The summed E-state index contributed by atoms with van der Waals surface area (Å²) in [4.78, 5) is 25.5. The smallest absolute Gasteiger partial charge is 0.221 e. The molecule has 0 aliphatic carbocycles. The van der Waals surface area contributed by atoms with E-state index in [1.807, 2.05) is 54.6 Å². The molecule has 0 unspecified atom stereocenters. The van der Waals surface area contributed by atoms with Crippen LogP contribution in [0, 0.1) is 0 Å². The molecule has 0 bridgehead atoms. The van der Waals surface area contributed by atoms with E-state index in [9.17, 15) is 9.59 Å². The van der Waals surface area contributed by atoms with Gasteiger partial charge in [0.2, 0.25) is 11.8 Å². The SMILES string of the molecule is CC(=O)N(CCC(=O)NCCc1ccc(N)cc1)Cc1ccccc1.Cl. The van der Waals surface area contributed by atoms with E-state index in [1.165, 1.54) is 6.92 Å². The molecule has 3 N–H and O–H groups in total. The van der Waals surface area contributed by atoms with E-state index in [0.29, 0.717) is 26.1 Å². The number of nitrogens with two attached hydrogens (primary N) is 1. The minimum absolute atomic E-state index is 0. The zero-order chi connectivity index (χ0) is 18.1. The Morgan fingerprint density at radius 3 is 2.27 bits per heavy atom. The molecule has 2 rings (SSSR count). The van der Waals surface area contributed by atoms with Gasteiger partial charge in [-0.3, -0.25) is 9.59 Å². The number of nitrogens with zero attached hydrogens (tertiary/aromatic N) is 1. The summed E-state index contributed by atoms with van der Waals surface area (Å²) < 4.78 is 0. The van der Waals surface area contributed by atoms with Crippen LogP contribution in [0.4, 0.5) is 5.69 Å². The van der Waals surface area contributed by atoms with Gasteiger partial charge >= 0.3 is 0 Å². The Morgan fingerprint density at radius 1 is 1.00 bits per heavy atom. The van der Waals surface area contributed by atoms with Crippen LogP contribution in [-0.2, 0) is 22.6 Å². The van der Waals surface area contributed by atoms with Crippen molar-refractivity contribution in [3.05, 3.63) is 65.7 Å². The van der Waals surface area contributed by atoms with Crippen LogP contribution in [-0.4, -0.2) is 29.8 Å². The lowest BCUT2D eigenvalue weighted by atomic mass is 10.1. The average Bonchev–Trinajstić information content (AvgIpc) is 2.61. The molecule has 140 valence electrons. The molecule has 0 radical (unpaired) electrons. The van der Waals surface area contributed by atoms with Gasteiger partial charge in [-0.2, -0.15) is 0 Å². The van der Waals surface area contributed by atoms with E-state index in [0.717, 1.165) is 23.2 Å². The lowest BCUT2D eigenvalue weighted by molar-refractivity contribution is -0.130. The second kappa shape index (κ2) is 11.2. The lowest BCUT2D eigenvalue weighted by Gasteiger charge is -2.21. The van der Waals surface area contributed by atoms with Crippen molar-refractivity contribution in [3.63, 3.8) is 0 Å². The second-order valence-electron chi connectivity index (χ2n) is 6.02. The molecule has 0 atom stereocenters. The van der Waals surface area contributed by atoms with Crippen molar-refractivity contribution in [2.24, 2.45) is 0 Å². The van der Waals surface area contributed by atoms with E-state index in [1.54, 1.807) is 4.90 Å². The van der Waals surface area contributed by atoms with E-state index >= 15 is 0 Å². The lowest BCUT2D eigenvalue weighted by Crippen LogP contribution is -2.34. The standard InChI is InChI=1S/C20H25N3O2.ClH/c1-16(24)23(15-18-5-3-2-4-6-18)14-12-20(25)22-13-11-17-7-9-19(21)10-8-17;/h2-10H,11-15,21H2,1H3,(H,22,25);1H. The molecule has 0 fully saturated rings. The third-order valence-electron chi connectivity index (χ3n) is 3.99. The molecule has 0 aliphatic heterocycles. The Labute approximate surface area is 161 Å². The molecule has 0 heterocycles. The van der Waals surface area contributed by atoms with E-state index in [4.69, 9.17) is 5.73 Å². The predicted molar refractivity (Wildman–Crippen MR) is 107 cm³/mol. The van der Waals surface area contributed by atoms with Gasteiger partial charge in [-0.15, -0.1) is 12.4 Å². The quantitative estimate of drug-likeness (QED) is 0.696. The predicted octanol–water partition coefficient (Wildman–Crippen LogP) is 2.79. The number of carbonyl (C=O) groups excluding carboxylic acids is 2. The maximum Gasteiger partial charge on any atom is 0.221 e. The second-order valence-corrected chi connectivity index (χ2v) is 6.02. The summed E-state index contributed by atoms with van der Waals surface area (Å²) in [5.74, 6) is -0.0757. The summed E-state index contributed by atoms with van der Waals surface area (Å²) in [6.45, 7) is 3.04. The summed E-state index contributed by atoms with van der Waals surface area (Å²) in [6, 6.07) is 17.4. The Kier molecular flexibility index (Phi) is 9.23. The van der Waals surface area contributed by atoms with Gasteiger partial charge in [0.1, 0.15) is 0 Å². The molecular formula is C20H26ClN3O2. The summed E-state index contributed by atoms with van der Waals surface area (Å²) in [5, 5.41) is 2.90. The van der Waals surface area contributed by atoms with Gasteiger partial charge in [0, 0.05) is 38.7 Å². The van der Waals surface area contributed by atoms with Gasteiger partial charge in [0.15, 0.2) is 0 Å². The summed E-state index contributed by atoms with van der Waals surface area (Å²) in [6.07, 6.45) is 1.06. The highest BCUT2D eigenvalue weighted by atomic mass is 35.5. The number of nitrogen functional groups attached to an aromatic ring is 1. The number of rotatable bonds is 8. The first-order valence-electron chi connectivity index (χ1n) is 8.45. The van der Waals surface area contributed by atoms with Gasteiger partial charge in [0.05, 0.1) is 0 Å². The van der Waals surface area contributed by atoms with Crippen molar-refractivity contribution in [3.8, 4) is 0 Å². The molecule has 2 amide bonds. The van der Waals surface area contributed by atoms with Crippen molar-refractivity contribution in [1.82, 2.24) is 10.2 Å². The molecule has 0 spiro atoms. The van der Waals surface area contributed by atoms with Crippen molar-refractivity contribution < 1.29 is 9.59 Å². The summed E-state index contributed by atoms with van der Waals surface area (Å²) >= 11 is 0. The zero-order valence-corrected chi connectivity index (χ0v) is 15.8. The first-order chi connectivity index (χ1) is 12.0. The van der Waals surface area contributed by atoms with Crippen LogP contribution in [0.25, 0.3) is 0 Å². The van der Waals surface area contributed by atoms with Gasteiger partial charge in [-0.05, 0) is 29.7 Å². The molecule has 2 aromatic carbocycles. The number of hydrogen-bond acceptors (Lipinski definition) is 3. The van der Waals surface area contributed by atoms with Crippen LogP contribution >= 0.6 is 12.4 Å². The largest absolute Gasteiger partial charge is 0.399 e. The number of hydrogen-bond donors (Lipinski definition) is 2. The monoisotopic (exact) mass is 375 g/mol. The van der Waals surface area contributed by atoms with Crippen LogP contribution in [0.5, 0.6) is 0 Å². The zero-order valence-electron chi connectivity index (χ0n) is 15.0. The molecule has 2 aromatic rings. The van der Waals surface area contributed by atoms with Gasteiger partial charge in [-0.1, -0.05) is 42.5 Å². The molecule has 0 saturated carbocycles. The fourth-order valence-corrected chi connectivity index (χ4v) is 2.51. The van der Waals surface area contributed by atoms with Crippen molar-refractivity contribution in [2.75, 3.05) is 18.8 Å². The van der Waals surface area contributed by atoms with Crippen molar-refractivity contribution >= 4 is 29.9 Å². The number of amides is 2. The van der Waals surface area contributed by atoms with Crippen LogP contribution in [0.2, 0.25) is 0 Å². The molecule has 0 aromatic heterocycles. The van der Waals surface area contributed by atoms with Gasteiger partial charge in [-0.25, -0.2) is 0 Å². The molecule has 5 nitrogen and oxygen atoms in total. The highest BCUT2D eigenvalue weighted by Gasteiger charge is 2.11. The summed E-state index contributed by atoms with van der Waals surface area (Å²) in [7, 11) is 0. The molecule has 0 saturated heterocycles. The highest BCUT2D eigenvalue weighted by molar-refractivity contribution is 5.85. The third-order valence-corrected chi connectivity index (χ3v) is 3.99. The van der Waals surface area contributed by atoms with E-state index in [2.05, 4.69) is 5.32 Å². The molecule has 6 heteroatoms. The Morgan fingerprint density at radius 2 is 1.65 bits per heavy atom. The average molecular weight is 376 g/mol. The number of halogens is 1. The topological polar surface area (TPSA) is 75.4 Å². The maximum absolute atomic E-state index is 12.0. The van der Waals surface area contributed by atoms with Crippen LogP contribution in [0.1, 0.15) is 24.5 Å².